The van der Waals surface area contributed by atoms with E-state index < -0.39 is 13.8 Å². The Morgan fingerprint density at radius 1 is 1.07 bits per heavy atom. The third-order valence-electron chi connectivity index (χ3n) is 1.89. The average Bonchev–Trinajstić information content (AvgIpc) is 1.85. The molecule has 0 spiro atoms. The van der Waals surface area contributed by atoms with Gasteiger partial charge < -0.3 is 0 Å². The van der Waals surface area contributed by atoms with Crippen LogP contribution in [0.1, 0.15) is 21.3 Å². The molecule has 0 aromatic rings. The van der Waals surface area contributed by atoms with Crippen LogP contribution >= 0.6 is 13.8 Å². The van der Waals surface area contributed by atoms with Crippen LogP contribution in [0.2, 0.25) is 0 Å². The molecule has 88 valence electrons. The van der Waals surface area contributed by atoms with Gasteiger partial charge in [0.1, 0.15) is 0 Å². The van der Waals surface area contributed by atoms with E-state index >= 15 is 0 Å². The van der Waals surface area contributed by atoms with Crippen molar-refractivity contribution in [2.75, 3.05) is 32.8 Å². The molecule has 0 aliphatic carbocycles. The lowest BCUT2D eigenvalue weighted by molar-refractivity contribution is 1.49. The molecule has 0 heterocycles. The molecule has 0 amide bonds. The number of hydrogen-bond acceptors (Lipinski definition) is 0. The maximum absolute atomic E-state index is 4.00. The maximum Gasteiger partial charge on any atom is -0.0365 e. The van der Waals surface area contributed by atoms with Gasteiger partial charge in [-0.2, -0.15) is 0 Å². The highest BCUT2D eigenvalue weighted by Crippen LogP contribution is 2.43. The zero-order valence-electron chi connectivity index (χ0n) is 10.2. The lowest BCUT2D eigenvalue weighted by Crippen LogP contribution is -1.75. The van der Waals surface area contributed by atoms with Gasteiger partial charge in [-0.05, 0) is 39.7 Å². The molecule has 0 N–H and O–H groups in total. The molecule has 0 aliphatic heterocycles. The molecule has 0 saturated heterocycles. The van der Waals surface area contributed by atoms with Crippen LogP contribution in [0.3, 0.4) is 0 Å². The number of allylic oxidation sites excluding steroid dienone is 1. The van der Waals surface area contributed by atoms with E-state index in [4.69, 9.17) is 0 Å². The fraction of sp³-hybridized carbons (Fsp3) is 0.667. The molecule has 0 aliphatic rings. The molecule has 0 rings (SSSR count). The Balaban J connectivity index is -0.000000163. The SMILES string of the molecule is C.C=C(C)P(=C)(C)C.C=P(C)(C)CC. The van der Waals surface area contributed by atoms with E-state index in [2.05, 4.69) is 52.8 Å². The van der Waals surface area contributed by atoms with Crippen molar-refractivity contribution in [3.8, 4) is 0 Å². The van der Waals surface area contributed by atoms with Gasteiger partial charge in [-0.1, -0.05) is 39.4 Å². The molecule has 0 unspecified atom stereocenters. The molecule has 0 bridgehead atoms. The van der Waals surface area contributed by atoms with E-state index in [1.54, 1.807) is 0 Å². The van der Waals surface area contributed by atoms with E-state index in [1.165, 1.54) is 11.5 Å². The van der Waals surface area contributed by atoms with Gasteiger partial charge in [-0.3, -0.25) is 0 Å². The van der Waals surface area contributed by atoms with Crippen LogP contribution in [0.25, 0.3) is 0 Å². The summed E-state index contributed by atoms with van der Waals surface area (Å²) in [5.74, 6) is 0. The second-order valence-corrected chi connectivity index (χ2v) is 13.3. The summed E-state index contributed by atoms with van der Waals surface area (Å²) in [7, 11) is 0. The van der Waals surface area contributed by atoms with Crippen LogP contribution in [-0.2, 0) is 0 Å². The topological polar surface area (TPSA) is 0 Å². The Kier molecular flexibility index (Phi) is 10.8. The summed E-state index contributed by atoms with van der Waals surface area (Å²) in [5, 5.41) is 1.24. The van der Waals surface area contributed by atoms with Crippen molar-refractivity contribution in [2.24, 2.45) is 0 Å². The first-order valence-electron chi connectivity index (χ1n) is 4.52. The van der Waals surface area contributed by atoms with Gasteiger partial charge in [0.2, 0.25) is 0 Å². The third kappa shape index (κ3) is 18.2. The summed E-state index contributed by atoms with van der Waals surface area (Å²) in [6, 6.07) is 0. The molecule has 0 fully saturated rings. The van der Waals surface area contributed by atoms with Gasteiger partial charge in [0.05, 0.1) is 0 Å². The van der Waals surface area contributed by atoms with Crippen LogP contribution in [0.15, 0.2) is 11.9 Å². The van der Waals surface area contributed by atoms with Crippen LogP contribution in [0.4, 0.5) is 0 Å². The molecular formula is C12H30P2. The van der Waals surface area contributed by atoms with Gasteiger partial charge >= 0.3 is 0 Å². The van der Waals surface area contributed by atoms with Crippen molar-refractivity contribution in [2.45, 2.75) is 21.3 Å². The molecule has 0 nitrogen and oxygen atoms in total. The van der Waals surface area contributed by atoms with Crippen molar-refractivity contribution in [3.05, 3.63) is 11.9 Å². The summed E-state index contributed by atoms with van der Waals surface area (Å²) < 4.78 is 0. The molecule has 0 atom stereocenters. The molecule has 0 saturated carbocycles. The largest absolute Gasteiger partial charge is 0.118 e. The second kappa shape index (κ2) is 7.61. The molecule has 0 aromatic carbocycles. The van der Waals surface area contributed by atoms with Crippen molar-refractivity contribution in [1.29, 1.82) is 0 Å². The Bertz CT molecular complexity index is 237. The van der Waals surface area contributed by atoms with Crippen LogP contribution in [-0.4, -0.2) is 45.4 Å². The molecule has 14 heavy (non-hydrogen) atoms. The second-order valence-electron chi connectivity index (χ2n) is 4.67. The standard InChI is InChI=1S/C6H13P.C5H13P.CH4/c1-6(2)7(3,4)5;1-5-6(2,3)4;/h1,3H2,2,4-5H3;2,5H2,1,3-4H3;1H4. The highest BCUT2D eigenvalue weighted by atomic mass is 31.2. The minimum absolute atomic E-state index is 0. The predicted molar refractivity (Wildman–Crippen MR) is 83.9 cm³/mol. The Morgan fingerprint density at radius 3 is 1.21 bits per heavy atom. The zero-order valence-corrected chi connectivity index (χ0v) is 12.0. The fourth-order valence-corrected chi connectivity index (χ4v) is 0. The van der Waals surface area contributed by atoms with Crippen molar-refractivity contribution >= 4 is 26.4 Å². The lowest BCUT2D eigenvalue weighted by Gasteiger charge is -2.09. The van der Waals surface area contributed by atoms with Gasteiger partial charge in [0.25, 0.3) is 0 Å². The molecule has 2 heteroatoms. The summed E-state index contributed by atoms with van der Waals surface area (Å²) in [6.45, 7) is 15.3. The Morgan fingerprint density at radius 2 is 1.21 bits per heavy atom. The van der Waals surface area contributed by atoms with E-state index in [-0.39, 0.29) is 7.43 Å². The number of rotatable bonds is 2. The van der Waals surface area contributed by atoms with Gasteiger partial charge in [0.15, 0.2) is 0 Å². The summed E-state index contributed by atoms with van der Waals surface area (Å²) in [6.07, 6.45) is 9.25. The van der Waals surface area contributed by atoms with E-state index in [0.717, 1.165) is 0 Å². The van der Waals surface area contributed by atoms with Crippen molar-refractivity contribution in [1.82, 2.24) is 0 Å². The summed E-state index contributed by atoms with van der Waals surface area (Å²) >= 11 is 0. The quantitative estimate of drug-likeness (QED) is 0.615. The first-order valence-corrected chi connectivity index (χ1v) is 10.4. The average molecular weight is 236 g/mol. The van der Waals surface area contributed by atoms with Gasteiger partial charge in [-0.25, -0.2) is 0 Å². The zero-order chi connectivity index (χ0) is 11.3. The van der Waals surface area contributed by atoms with E-state index in [1.807, 2.05) is 6.92 Å². The van der Waals surface area contributed by atoms with E-state index in [9.17, 15) is 0 Å². The molecule has 0 radical (unpaired) electrons. The molecule has 0 aromatic heterocycles. The van der Waals surface area contributed by atoms with E-state index in [0.29, 0.717) is 0 Å². The Hall–Kier alpha value is 0.340. The van der Waals surface area contributed by atoms with Crippen molar-refractivity contribution in [3.63, 3.8) is 0 Å². The van der Waals surface area contributed by atoms with Crippen molar-refractivity contribution < 1.29 is 0 Å². The Labute approximate surface area is 92.8 Å². The smallest absolute Gasteiger partial charge is 0.0365 e. The van der Waals surface area contributed by atoms with Crippen LogP contribution in [0.5, 0.6) is 0 Å². The first-order chi connectivity index (χ1) is 5.50. The molecular weight excluding hydrogens is 206 g/mol. The normalized spacial score (nSPS) is 10.7. The lowest BCUT2D eigenvalue weighted by atomic mass is 10.8. The number of hydrogen-bond donors (Lipinski definition) is 0. The highest BCUT2D eigenvalue weighted by Gasteiger charge is 1.95. The fourth-order valence-electron chi connectivity index (χ4n) is 0. The maximum atomic E-state index is 4.00. The predicted octanol–water partition coefficient (Wildman–Crippen LogP) is 4.58. The van der Waals surface area contributed by atoms with Gasteiger partial charge in [-0.15, -0.1) is 13.2 Å². The van der Waals surface area contributed by atoms with Crippen LogP contribution in [0, 0.1) is 0 Å². The minimum Gasteiger partial charge on any atom is -0.118 e. The van der Waals surface area contributed by atoms with Crippen LogP contribution < -0.4 is 0 Å². The monoisotopic (exact) mass is 236 g/mol. The minimum atomic E-state index is -0.932. The highest BCUT2D eigenvalue weighted by molar-refractivity contribution is 7.76. The summed E-state index contributed by atoms with van der Waals surface area (Å²) in [4.78, 5) is 0. The first kappa shape index (κ1) is 19.8. The van der Waals surface area contributed by atoms with Gasteiger partial charge in [0, 0.05) is 0 Å². The third-order valence-corrected chi connectivity index (χ3v) is 5.67. The summed E-state index contributed by atoms with van der Waals surface area (Å²) in [5.41, 5.74) is 0.